The molecule has 7 nitrogen and oxygen atoms in total. The van der Waals surface area contributed by atoms with Crippen LogP contribution in [-0.2, 0) is 0 Å². The monoisotopic (exact) mass is 705 g/mol. The highest BCUT2D eigenvalue weighted by Crippen LogP contribution is 2.38. The van der Waals surface area contributed by atoms with E-state index in [0.29, 0.717) is 35.1 Å². The summed E-state index contributed by atoms with van der Waals surface area (Å²) < 4.78 is 2.13. The maximum Gasteiger partial charge on any atom is 0.238 e. The van der Waals surface area contributed by atoms with Gasteiger partial charge in [-0.1, -0.05) is 176 Å². The van der Waals surface area contributed by atoms with Crippen molar-refractivity contribution >= 4 is 21.8 Å². The third-order valence-electron chi connectivity index (χ3n) is 9.74. The van der Waals surface area contributed by atoms with Gasteiger partial charge in [-0.2, -0.15) is 9.97 Å². The molecule has 0 saturated carbocycles. The topological polar surface area (TPSA) is 82.3 Å². The van der Waals surface area contributed by atoms with E-state index in [2.05, 4.69) is 89.5 Å². The van der Waals surface area contributed by atoms with Crippen molar-refractivity contribution in [3.05, 3.63) is 188 Å². The first-order chi connectivity index (χ1) is 27.3. The van der Waals surface area contributed by atoms with Crippen LogP contribution in [0.2, 0.25) is 0 Å². The Hall–Kier alpha value is -7.64. The van der Waals surface area contributed by atoms with Gasteiger partial charge in [-0.25, -0.2) is 19.9 Å². The third-order valence-corrected chi connectivity index (χ3v) is 9.74. The lowest BCUT2D eigenvalue weighted by atomic mass is 10.0. The summed E-state index contributed by atoms with van der Waals surface area (Å²) in [6.07, 6.45) is 0. The summed E-state index contributed by atoms with van der Waals surface area (Å²) in [5.74, 6) is 3.39. The largest absolute Gasteiger partial charge is 0.277 e. The number of rotatable bonds is 7. The molecular formula is C48H31N7. The van der Waals surface area contributed by atoms with Crippen LogP contribution in [0.1, 0.15) is 0 Å². The van der Waals surface area contributed by atoms with Crippen molar-refractivity contribution in [3.63, 3.8) is 0 Å². The molecule has 10 rings (SSSR count). The second-order valence-corrected chi connectivity index (χ2v) is 13.2. The van der Waals surface area contributed by atoms with E-state index in [1.54, 1.807) is 0 Å². The Morgan fingerprint density at radius 2 is 0.655 bits per heavy atom. The number of benzene rings is 7. The van der Waals surface area contributed by atoms with E-state index in [4.69, 9.17) is 29.9 Å². The van der Waals surface area contributed by atoms with Gasteiger partial charge in [0, 0.05) is 38.6 Å². The highest BCUT2D eigenvalue weighted by molar-refractivity contribution is 6.13. The molecule has 258 valence electrons. The molecule has 0 saturated heterocycles. The summed E-state index contributed by atoms with van der Waals surface area (Å²) in [6, 6.07) is 63.5. The van der Waals surface area contributed by atoms with Gasteiger partial charge >= 0.3 is 0 Å². The van der Waals surface area contributed by atoms with Gasteiger partial charge in [0.2, 0.25) is 5.95 Å². The number of para-hydroxylation sites is 2. The average Bonchev–Trinajstić information content (AvgIpc) is 3.62. The Bertz CT molecular complexity index is 2890. The molecule has 0 fully saturated rings. The molecule has 0 amide bonds. The van der Waals surface area contributed by atoms with Crippen molar-refractivity contribution < 1.29 is 0 Å². The molecule has 0 atom stereocenters. The Balaban J connectivity index is 1.23. The molecule has 55 heavy (non-hydrogen) atoms. The molecule has 0 bridgehead atoms. The van der Waals surface area contributed by atoms with Crippen molar-refractivity contribution in [3.8, 4) is 74.0 Å². The van der Waals surface area contributed by atoms with Gasteiger partial charge in [-0.15, -0.1) is 0 Å². The number of hydrogen-bond donors (Lipinski definition) is 0. The molecule has 0 aliphatic rings. The van der Waals surface area contributed by atoms with Crippen LogP contribution in [0, 0.1) is 0 Å². The predicted octanol–water partition coefficient (Wildman–Crippen LogP) is 11.2. The third kappa shape index (κ3) is 5.99. The van der Waals surface area contributed by atoms with E-state index < -0.39 is 0 Å². The molecule has 0 N–H and O–H groups in total. The van der Waals surface area contributed by atoms with Crippen LogP contribution in [0.5, 0.6) is 0 Å². The van der Waals surface area contributed by atoms with E-state index in [1.165, 1.54) is 0 Å². The van der Waals surface area contributed by atoms with Crippen LogP contribution >= 0.6 is 0 Å². The SMILES string of the molecule is c1ccc(-c2ccc(-c3nc(-c4ccccc4)nc(-n4c5ccccc5c5cccc(-c6nc(-c7ccccc7)nc(-c7ccccc7)n6)c54)n3)cc2)cc1. The maximum atomic E-state index is 5.23. The van der Waals surface area contributed by atoms with Crippen molar-refractivity contribution in [1.82, 2.24) is 34.5 Å². The fourth-order valence-electron chi connectivity index (χ4n) is 7.09. The van der Waals surface area contributed by atoms with E-state index >= 15 is 0 Å². The van der Waals surface area contributed by atoms with Crippen LogP contribution in [0.25, 0.3) is 95.8 Å². The summed E-state index contributed by atoms with van der Waals surface area (Å²) in [7, 11) is 0. The van der Waals surface area contributed by atoms with Crippen LogP contribution in [0.3, 0.4) is 0 Å². The first-order valence-electron chi connectivity index (χ1n) is 18.1. The second kappa shape index (κ2) is 13.7. The first kappa shape index (κ1) is 32.0. The number of nitrogens with zero attached hydrogens (tertiary/aromatic N) is 7. The Kier molecular flexibility index (Phi) is 8.00. The molecule has 0 aliphatic heterocycles. The normalized spacial score (nSPS) is 11.3. The molecule has 3 heterocycles. The van der Waals surface area contributed by atoms with Gasteiger partial charge in [0.15, 0.2) is 29.1 Å². The molecule has 7 heteroatoms. The molecule has 0 unspecified atom stereocenters. The van der Waals surface area contributed by atoms with Crippen LogP contribution < -0.4 is 0 Å². The first-order valence-corrected chi connectivity index (χ1v) is 18.1. The molecule has 10 aromatic rings. The lowest BCUT2D eigenvalue weighted by molar-refractivity contribution is 0.953. The highest BCUT2D eigenvalue weighted by atomic mass is 15.2. The van der Waals surface area contributed by atoms with Gasteiger partial charge in [0.1, 0.15) is 0 Å². The molecule has 7 aromatic carbocycles. The Morgan fingerprint density at radius 1 is 0.273 bits per heavy atom. The zero-order valence-electron chi connectivity index (χ0n) is 29.5. The maximum absolute atomic E-state index is 5.23. The van der Waals surface area contributed by atoms with E-state index in [-0.39, 0.29) is 0 Å². The summed E-state index contributed by atoms with van der Waals surface area (Å²) in [5.41, 5.74) is 8.55. The number of aromatic nitrogens is 7. The molecule has 3 aromatic heterocycles. The van der Waals surface area contributed by atoms with Gasteiger partial charge in [0.25, 0.3) is 0 Å². The average molecular weight is 706 g/mol. The molecular weight excluding hydrogens is 675 g/mol. The number of hydrogen-bond acceptors (Lipinski definition) is 6. The fourth-order valence-corrected chi connectivity index (χ4v) is 7.09. The Labute approximate surface area is 317 Å². The van der Waals surface area contributed by atoms with Crippen LogP contribution in [0.4, 0.5) is 0 Å². The minimum Gasteiger partial charge on any atom is -0.277 e. The molecule has 0 spiro atoms. The van der Waals surface area contributed by atoms with Crippen LogP contribution in [-0.4, -0.2) is 34.5 Å². The fraction of sp³-hybridized carbons (Fsp3) is 0. The summed E-state index contributed by atoms with van der Waals surface area (Å²) in [5, 5.41) is 2.10. The van der Waals surface area contributed by atoms with Gasteiger partial charge in [-0.3, -0.25) is 4.57 Å². The summed E-state index contributed by atoms with van der Waals surface area (Å²) in [6.45, 7) is 0. The van der Waals surface area contributed by atoms with E-state index in [9.17, 15) is 0 Å². The van der Waals surface area contributed by atoms with Crippen LogP contribution in [0.15, 0.2) is 188 Å². The Morgan fingerprint density at radius 3 is 1.20 bits per heavy atom. The lowest BCUT2D eigenvalue weighted by Crippen LogP contribution is -2.07. The molecule has 0 radical (unpaired) electrons. The standard InChI is InChI=1S/C48H31N7/c1-5-16-32(17-6-1)33-28-30-37(31-29-33)46-50-45(36-22-11-4-12-23-36)53-48(54-46)55-41-27-14-13-24-38(41)39-25-15-26-40(42(39)55)47-51-43(34-18-7-2-8-19-34)49-44(52-47)35-20-9-3-10-21-35/h1-31H. The van der Waals surface area contributed by atoms with Crippen molar-refractivity contribution in [2.75, 3.05) is 0 Å². The minimum absolute atomic E-state index is 0.496. The number of fused-ring (bicyclic) bond motifs is 3. The zero-order chi connectivity index (χ0) is 36.6. The van der Waals surface area contributed by atoms with Crippen molar-refractivity contribution in [2.24, 2.45) is 0 Å². The lowest BCUT2D eigenvalue weighted by Gasteiger charge is -2.13. The van der Waals surface area contributed by atoms with Gasteiger partial charge in [0.05, 0.1) is 11.0 Å². The van der Waals surface area contributed by atoms with Gasteiger partial charge in [-0.05, 0) is 23.3 Å². The van der Waals surface area contributed by atoms with Crippen molar-refractivity contribution in [2.45, 2.75) is 0 Å². The smallest absolute Gasteiger partial charge is 0.238 e. The highest BCUT2D eigenvalue weighted by Gasteiger charge is 2.22. The molecule has 0 aliphatic carbocycles. The van der Waals surface area contributed by atoms with Crippen molar-refractivity contribution in [1.29, 1.82) is 0 Å². The summed E-state index contributed by atoms with van der Waals surface area (Å²) in [4.78, 5) is 30.7. The predicted molar refractivity (Wildman–Crippen MR) is 220 cm³/mol. The van der Waals surface area contributed by atoms with Gasteiger partial charge < -0.3 is 0 Å². The summed E-state index contributed by atoms with van der Waals surface area (Å²) >= 11 is 0. The van der Waals surface area contributed by atoms with E-state index in [0.717, 1.165) is 60.8 Å². The zero-order valence-corrected chi connectivity index (χ0v) is 29.5. The minimum atomic E-state index is 0.496. The quantitative estimate of drug-likeness (QED) is 0.164. The second-order valence-electron chi connectivity index (χ2n) is 13.2. The van der Waals surface area contributed by atoms with E-state index in [1.807, 2.05) is 103 Å².